The summed E-state index contributed by atoms with van der Waals surface area (Å²) in [6, 6.07) is 8.34. The average molecular weight is 370 g/mol. The fourth-order valence-corrected chi connectivity index (χ4v) is 4.10. The third-order valence-corrected chi connectivity index (χ3v) is 5.71. The van der Waals surface area contributed by atoms with Gasteiger partial charge in [-0.15, -0.1) is 10.2 Å². The SMILES string of the molecule is CCc1nnc(NC(=O)CCN2CCCC2c2nc3ccccc3[nH]2)s1. The average Bonchev–Trinajstić information content (AvgIpc) is 3.38. The first-order valence-electron chi connectivity index (χ1n) is 9.04. The maximum atomic E-state index is 12.2. The zero-order chi connectivity index (χ0) is 17.9. The number of imidazole rings is 1. The number of fused-ring (bicyclic) bond motifs is 1. The van der Waals surface area contributed by atoms with Gasteiger partial charge in [-0.1, -0.05) is 30.4 Å². The molecule has 0 radical (unpaired) electrons. The number of nitrogens with one attached hydrogen (secondary N) is 2. The van der Waals surface area contributed by atoms with Crippen molar-refractivity contribution in [3.8, 4) is 0 Å². The molecule has 4 rings (SSSR count). The normalized spacial score (nSPS) is 17.8. The van der Waals surface area contributed by atoms with Gasteiger partial charge < -0.3 is 10.3 Å². The number of nitrogens with zero attached hydrogens (tertiary/aromatic N) is 4. The molecule has 0 bridgehead atoms. The molecule has 7 nitrogen and oxygen atoms in total. The van der Waals surface area contributed by atoms with E-state index >= 15 is 0 Å². The molecule has 3 aromatic rings. The summed E-state index contributed by atoms with van der Waals surface area (Å²) in [6.45, 7) is 3.73. The Morgan fingerprint density at radius 3 is 3.08 bits per heavy atom. The van der Waals surface area contributed by atoms with Crippen molar-refractivity contribution in [2.45, 2.75) is 38.6 Å². The molecule has 1 amide bonds. The van der Waals surface area contributed by atoms with Gasteiger partial charge in [0.05, 0.1) is 17.1 Å². The first-order valence-corrected chi connectivity index (χ1v) is 9.85. The molecular formula is C18H22N6OS. The number of carbonyl (C=O) groups excluding carboxylic acids is 1. The Morgan fingerprint density at radius 1 is 1.38 bits per heavy atom. The van der Waals surface area contributed by atoms with Crippen molar-refractivity contribution < 1.29 is 4.79 Å². The monoisotopic (exact) mass is 370 g/mol. The molecule has 0 saturated carbocycles. The molecule has 8 heteroatoms. The lowest BCUT2D eigenvalue weighted by molar-refractivity contribution is -0.116. The molecule has 0 spiro atoms. The summed E-state index contributed by atoms with van der Waals surface area (Å²) in [6.07, 6.45) is 3.47. The highest BCUT2D eigenvalue weighted by molar-refractivity contribution is 7.15. The number of benzene rings is 1. The smallest absolute Gasteiger partial charge is 0.227 e. The molecule has 1 saturated heterocycles. The van der Waals surface area contributed by atoms with E-state index in [2.05, 4.69) is 25.4 Å². The van der Waals surface area contributed by atoms with Crippen LogP contribution in [0.5, 0.6) is 0 Å². The van der Waals surface area contributed by atoms with Crippen LogP contribution < -0.4 is 5.32 Å². The van der Waals surface area contributed by atoms with Crippen molar-refractivity contribution in [1.29, 1.82) is 0 Å². The summed E-state index contributed by atoms with van der Waals surface area (Å²) in [7, 11) is 0. The second-order valence-corrected chi connectivity index (χ2v) is 7.55. The van der Waals surface area contributed by atoms with Crippen LogP contribution in [0.25, 0.3) is 11.0 Å². The Kier molecular flexibility index (Phi) is 4.94. The largest absolute Gasteiger partial charge is 0.341 e. The number of aromatic amines is 1. The zero-order valence-corrected chi connectivity index (χ0v) is 15.6. The number of anilines is 1. The number of hydrogen-bond donors (Lipinski definition) is 2. The van der Waals surface area contributed by atoms with Crippen LogP contribution in [0.3, 0.4) is 0 Å². The van der Waals surface area contributed by atoms with Crippen LogP contribution in [0.2, 0.25) is 0 Å². The van der Waals surface area contributed by atoms with Crippen LogP contribution in [0.1, 0.15) is 43.1 Å². The van der Waals surface area contributed by atoms with Gasteiger partial charge in [0.2, 0.25) is 11.0 Å². The predicted octanol–water partition coefficient (Wildman–Crippen LogP) is 3.14. The number of aryl methyl sites for hydroxylation is 1. The third kappa shape index (κ3) is 3.61. The van der Waals surface area contributed by atoms with Crippen molar-refractivity contribution in [3.05, 3.63) is 35.1 Å². The van der Waals surface area contributed by atoms with Crippen LogP contribution in [-0.2, 0) is 11.2 Å². The van der Waals surface area contributed by atoms with Crippen molar-refractivity contribution >= 4 is 33.4 Å². The van der Waals surface area contributed by atoms with E-state index in [-0.39, 0.29) is 11.9 Å². The molecule has 1 aliphatic rings. The van der Waals surface area contributed by atoms with Gasteiger partial charge in [0.1, 0.15) is 10.8 Å². The van der Waals surface area contributed by atoms with E-state index in [9.17, 15) is 4.79 Å². The fourth-order valence-electron chi connectivity index (χ4n) is 3.41. The maximum absolute atomic E-state index is 12.2. The molecule has 2 N–H and O–H groups in total. The minimum Gasteiger partial charge on any atom is -0.341 e. The van der Waals surface area contributed by atoms with Gasteiger partial charge in [0.25, 0.3) is 0 Å². The second kappa shape index (κ2) is 7.51. The molecule has 1 atom stereocenters. The van der Waals surface area contributed by atoms with Gasteiger partial charge in [-0.05, 0) is 37.9 Å². The maximum Gasteiger partial charge on any atom is 0.227 e. The third-order valence-electron chi connectivity index (χ3n) is 4.73. The molecule has 0 aliphatic carbocycles. The summed E-state index contributed by atoms with van der Waals surface area (Å²) in [5.41, 5.74) is 2.06. The number of aromatic nitrogens is 4. The molecule has 136 valence electrons. The van der Waals surface area contributed by atoms with E-state index in [4.69, 9.17) is 4.98 Å². The molecule has 2 aromatic heterocycles. The number of amides is 1. The van der Waals surface area contributed by atoms with Crippen LogP contribution in [-0.4, -0.2) is 44.1 Å². The van der Waals surface area contributed by atoms with Crippen molar-refractivity contribution in [1.82, 2.24) is 25.1 Å². The number of hydrogen-bond acceptors (Lipinski definition) is 6. The van der Waals surface area contributed by atoms with Crippen LogP contribution >= 0.6 is 11.3 Å². The summed E-state index contributed by atoms with van der Waals surface area (Å²) in [5, 5.41) is 12.4. The van der Waals surface area contributed by atoms with Crippen LogP contribution in [0.15, 0.2) is 24.3 Å². The molecule has 1 unspecified atom stereocenters. The highest BCUT2D eigenvalue weighted by Gasteiger charge is 2.28. The minimum atomic E-state index is -0.0148. The molecular weight excluding hydrogens is 348 g/mol. The summed E-state index contributed by atoms with van der Waals surface area (Å²) in [4.78, 5) is 22.7. The molecule has 1 aromatic carbocycles. The van der Waals surface area contributed by atoms with Gasteiger partial charge in [0, 0.05) is 13.0 Å². The summed E-state index contributed by atoms with van der Waals surface area (Å²) in [5.74, 6) is 0.986. The van der Waals surface area contributed by atoms with Crippen molar-refractivity contribution in [2.24, 2.45) is 0 Å². The second-order valence-electron chi connectivity index (χ2n) is 6.49. The fraction of sp³-hybridized carbons (Fsp3) is 0.444. The van der Waals surface area contributed by atoms with Gasteiger partial charge in [0.15, 0.2) is 0 Å². The first-order chi connectivity index (χ1) is 12.7. The van der Waals surface area contributed by atoms with Crippen LogP contribution in [0.4, 0.5) is 5.13 Å². The lowest BCUT2D eigenvalue weighted by Gasteiger charge is -2.22. The Hall–Kier alpha value is -2.32. The standard InChI is InChI=1S/C18H22N6OS/c1-2-16-22-23-18(26-16)21-15(25)9-11-24-10-5-8-14(24)17-19-12-6-3-4-7-13(12)20-17/h3-4,6-7,14H,2,5,8-11H2,1H3,(H,19,20)(H,21,23,25). The topological polar surface area (TPSA) is 86.8 Å². The minimum absolute atomic E-state index is 0.0148. The molecule has 1 fully saturated rings. The van der Waals surface area contributed by atoms with E-state index < -0.39 is 0 Å². The van der Waals surface area contributed by atoms with E-state index in [1.54, 1.807) is 0 Å². The highest BCUT2D eigenvalue weighted by Crippen LogP contribution is 2.31. The van der Waals surface area contributed by atoms with Gasteiger partial charge in [-0.3, -0.25) is 9.69 Å². The molecule has 1 aliphatic heterocycles. The van der Waals surface area contributed by atoms with Gasteiger partial charge in [-0.2, -0.15) is 0 Å². The number of H-pyrrole nitrogens is 1. The van der Waals surface area contributed by atoms with E-state index in [1.165, 1.54) is 11.3 Å². The lowest BCUT2D eigenvalue weighted by Crippen LogP contribution is -2.28. The van der Waals surface area contributed by atoms with E-state index in [0.717, 1.165) is 47.7 Å². The van der Waals surface area contributed by atoms with Crippen molar-refractivity contribution in [3.63, 3.8) is 0 Å². The number of rotatable bonds is 6. The summed E-state index contributed by atoms with van der Waals surface area (Å²) < 4.78 is 0. The Morgan fingerprint density at radius 2 is 2.27 bits per heavy atom. The Balaban J connectivity index is 1.37. The van der Waals surface area contributed by atoms with Crippen LogP contribution in [0, 0.1) is 0 Å². The van der Waals surface area contributed by atoms with Crippen molar-refractivity contribution in [2.75, 3.05) is 18.4 Å². The van der Waals surface area contributed by atoms with Gasteiger partial charge >= 0.3 is 0 Å². The number of para-hydroxylation sites is 2. The van der Waals surface area contributed by atoms with E-state index in [1.807, 2.05) is 31.2 Å². The van der Waals surface area contributed by atoms with Gasteiger partial charge in [-0.25, -0.2) is 4.98 Å². The Labute approximate surface area is 155 Å². The highest BCUT2D eigenvalue weighted by atomic mass is 32.1. The lowest BCUT2D eigenvalue weighted by atomic mass is 10.2. The number of likely N-dealkylation sites (tertiary alicyclic amines) is 1. The Bertz CT molecular complexity index is 871. The quantitative estimate of drug-likeness (QED) is 0.696. The predicted molar refractivity (Wildman–Crippen MR) is 102 cm³/mol. The summed E-state index contributed by atoms with van der Waals surface area (Å²) >= 11 is 1.44. The number of carbonyl (C=O) groups is 1. The van der Waals surface area contributed by atoms with E-state index in [0.29, 0.717) is 18.1 Å². The zero-order valence-electron chi connectivity index (χ0n) is 14.7. The molecule has 3 heterocycles. The first kappa shape index (κ1) is 17.1. The molecule has 26 heavy (non-hydrogen) atoms.